The fourth-order valence-electron chi connectivity index (χ4n) is 3.88. The van der Waals surface area contributed by atoms with E-state index in [0.29, 0.717) is 11.0 Å². The Morgan fingerprint density at radius 2 is 1.74 bits per heavy atom. The fourth-order valence-corrected chi connectivity index (χ4v) is 3.88. The first kappa shape index (κ1) is 17.0. The highest BCUT2D eigenvalue weighted by Gasteiger charge is 2.41. The van der Waals surface area contributed by atoms with Crippen LogP contribution in [0.2, 0.25) is 0 Å². The molecule has 0 radical (unpaired) electrons. The predicted octanol–water partition coefficient (Wildman–Crippen LogP) is 4.04. The minimum atomic E-state index is 0.297. The molecule has 0 bridgehead atoms. The fraction of sp³-hybridized carbons (Fsp3) is 1.00. The van der Waals surface area contributed by atoms with Gasteiger partial charge >= 0.3 is 0 Å². The molecule has 0 amide bonds. The van der Waals surface area contributed by atoms with Gasteiger partial charge in [-0.2, -0.15) is 0 Å². The lowest BCUT2D eigenvalue weighted by molar-refractivity contribution is 0.0194. The van der Waals surface area contributed by atoms with Gasteiger partial charge in [-0.3, -0.25) is 4.90 Å². The van der Waals surface area contributed by atoms with Crippen molar-refractivity contribution in [3.63, 3.8) is 0 Å². The molecule has 19 heavy (non-hydrogen) atoms. The Labute approximate surface area is 121 Å². The van der Waals surface area contributed by atoms with E-state index in [1.54, 1.807) is 0 Å². The maximum atomic E-state index is 6.19. The lowest BCUT2D eigenvalue weighted by atomic mass is 9.65. The largest absolute Gasteiger partial charge is 0.329 e. The van der Waals surface area contributed by atoms with Crippen LogP contribution in [0.4, 0.5) is 0 Å². The van der Waals surface area contributed by atoms with E-state index >= 15 is 0 Å². The zero-order valence-corrected chi connectivity index (χ0v) is 14.0. The van der Waals surface area contributed by atoms with Crippen molar-refractivity contribution in [1.82, 2.24) is 4.90 Å². The minimum absolute atomic E-state index is 0.297. The Morgan fingerprint density at radius 1 is 1.16 bits per heavy atom. The van der Waals surface area contributed by atoms with Gasteiger partial charge in [0.2, 0.25) is 0 Å². The Morgan fingerprint density at radius 3 is 2.11 bits per heavy atom. The van der Waals surface area contributed by atoms with E-state index in [2.05, 4.69) is 39.5 Å². The van der Waals surface area contributed by atoms with Crippen LogP contribution in [0.5, 0.6) is 0 Å². The van der Waals surface area contributed by atoms with Crippen molar-refractivity contribution in [3.8, 4) is 0 Å². The number of nitrogens with two attached hydrogens (primary N) is 1. The molecule has 0 atom stereocenters. The van der Waals surface area contributed by atoms with Gasteiger partial charge in [-0.25, -0.2) is 0 Å². The first-order valence-corrected chi connectivity index (χ1v) is 8.41. The molecule has 1 aliphatic rings. The minimum Gasteiger partial charge on any atom is -0.329 e. The molecule has 2 nitrogen and oxygen atoms in total. The van der Waals surface area contributed by atoms with Crippen LogP contribution in [0.3, 0.4) is 0 Å². The quantitative estimate of drug-likeness (QED) is 0.755. The van der Waals surface area contributed by atoms with Gasteiger partial charge in [-0.15, -0.1) is 0 Å². The Hall–Kier alpha value is -0.0800. The third kappa shape index (κ3) is 3.72. The SMILES string of the molecule is CCCN(CC)C1(CN)CCC(C(C)(C)CC)CC1. The maximum absolute atomic E-state index is 6.19. The van der Waals surface area contributed by atoms with Crippen molar-refractivity contribution in [3.05, 3.63) is 0 Å². The smallest absolute Gasteiger partial charge is 0.0331 e. The second kappa shape index (κ2) is 7.08. The van der Waals surface area contributed by atoms with Crippen molar-refractivity contribution >= 4 is 0 Å². The summed E-state index contributed by atoms with van der Waals surface area (Å²) < 4.78 is 0. The Kier molecular flexibility index (Phi) is 6.32. The monoisotopic (exact) mass is 268 g/mol. The van der Waals surface area contributed by atoms with E-state index in [1.165, 1.54) is 45.1 Å². The Balaban J connectivity index is 2.71. The van der Waals surface area contributed by atoms with Gasteiger partial charge in [0.15, 0.2) is 0 Å². The highest BCUT2D eigenvalue weighted by Crippen LogP contribution is 2.44. The molecule has 1 rings (SSSR count). The lowest BCUT2D eigenvalue weighted by Crippen LogP contribution is -2.56. The molecule has 0 aliphatic heterocycles. The summed E-state index contributed by atoms with van der Waals surface area (Å²) >= 11 is 0. The summed E-state index contributed by atoms with van der Waals surface area (Å²) in [5.41, 5.74) is 6.99. The van der Waals surface area contributed by atoms with Crippen molar-refractivity contribution in [1.29, 1.82) is 0 Å². The average Bonchev–Trinajstić information content (AvgIpc) is 2.44. The lowest BCUT2D eigenvalue weighted by Gasteiger charge is -2.50. The number of nitrogens with zero attached hydrogens (tertiary/aromatic N) is 1. The topological polar surface area (TPSA) is 29.3 Å². The molecule has 0 aromatic carbocycles. The number of hydrogen-bond donors (Lipinski definition) is 1. The molecule has 0 aromatic heterocycles. The summed E-state index contributed by atoms with van der Waals surface area (Å²) in [7, 11) is 0. The standard InChI is InChI=1S/C17H36N2/c1-6-13-19(8-3)17(14-18)11-9-15(10-12-17)16(4,5)7-2/h15H,6-14,18H2,1-5H3. The molecule has 114 valence electrons. The number of rotatable bonds is 7. The summed E-state index contributed by atoms with van der Waals surface area (Å²) in [4.78, 5) is 2.65. The molecular weight excluding hydrogens is 232 g/mol. The van der Waals surface area contributed by atoms with E-state index in [1.807, 2.05) is 0 Å². The van der Waals surface area contributed by atoms with Crippen LogP contribution >= 0.6 is 0 Å². The predicted molar refractivity (Wildman–Crippen MR) is 85.4 cm³/mol. The molecule has 0 aromatic rings. The third-order valence-electron chi connectivity index (χ3n) is 5.86. The number of likely N-dealkylation sites (N-methyl/N-ethyl adjacent to an activating group) is 1. The van der Waals surface area contributed by atoms with Crippen LogP contribution in [-0.2, 0) is 0 Å². The van der Waals surface area contributed by atoms with Crippen LogP contribution in [0.25, 0.3) is 0 Å². The molecule has 2 N–H and O–H groups in total. The van der Waals surface area contributed by atoms with Crippen LogP contribution in [-0.4, -0.2) is 30.1 Å². The molecule has 1 aliphatic carbocycles. The molecule has 2 heteroatoms. The van der Waals surface area contributed by atoms with Gasteiger partial charge in [0.25, 0.3) is 0 Å². The molecule has 0 spiro atoms. The van der Waals surface area contributed by atoms with E-state index < -0.39 is 0 Å². The van der Waals surface area contributed by atoms with Crippen molar-refractivity contribution in [2.45, 2.75) is 78.7 Å². The van der Waals surface area contributed by atoms with E-state index in [4.69, 9.17) is 5.73 Å². The third-order valence-corrected chi connectivity index (χ3v) is 5.86. The van der Waals surface area contributed by atoms with Gasteiger partial charge in [-0.05, 0) is 56.5 Å². The molecule has 0 saturated heterocycles. The molecule has 0 unspecified atom stereocenters. The van der Waals surface area contributed by atoms with Gasteiger partial charge < -0.3 is 5.73 Å². The summed E-state index contributed by atoms with van der Waals surface area (Å²) in [6.45, 7) is 15.0. The van der Waals surface area contributed by atoms with Crippen molar-refractivity contribution in [2.75, 3.05) is 19.6 Å². The molecule has 1 fully saturated rings. The summed E-state index contributed by atoms with van der Waals surface area (Å²) in [6, 6.07) is 0. The van der Waals surface area contributed by atoms with Crippen molar-refractivity contribution < 1.29 is 0 Å². The Bertz CT molecular complexity index is 252. The average molecular weight is 268 g/mol. The summed E-state index contributed by atoms with van der Waals surface area (Å²) in [5.74, 6) is 0.887. The second-order valence-corrected chi connectivity index (χ2v) is 7.12. The zero-order valence-electron chi connectivity index (χ0n) is 14.0. The van der Waals surface area contributed by atoms with Crippen molar-refractivity contribution in [2.24, 2.45) is 17.1 Å². The van der Waals surface area contributed by atoms with Crippen LogP contribution in [0, 0.1) is 11.3 Å². The van der Waals surface area contributed by atoms with Gasteiger partial charge in [0, 0.05) is 12.1 Å². The van der Waals surface area contributed by atoms with E-state index in [-0.39, 0.29) is 0 Å². The molecular formula is C17H36N2. The normalized spacial score (nSPS) is 28.9. The zero-order chi connectivity index (χ0) is 14.5. The van der Waals surface area contributed by atoms with Crippen LogP contribution < -0.4 is 5.73 Å². The van der Waals surface area contributed by atoms with Crippen LogP contribution in [0.15, 0.2) is 0 Å². The first-order chi connectivity index (χ1) is 8.95. The van der Waals surface area contributed by atoms with E-state index in [9.17, 15) is 0 Å². The molecule has 0 heterocycles. The van der Waals surface area contributed by atoms with Crippen LogP contribution in [0.1, 0.15) is 73.1 Å². The number of hydrogen-bond acceptors (Lipinski definition) is 2. The summed E-state index contributed by atoms with van der Waals surface area (Å²) in [5, 5.41) is 0. The first-order valence-electron chi connectivity index (χ1n) is 8.41. The summed E-state index contributed by atoms with van der Waals surface area (Å²) in [6.07, 6.45) is 7.84. The highest BCUT2D eigenvalue weighted by atomic mass is 15.2. The van der Waals surface area contributed by atoms with E-state index in [0.717, 1.165) is 19.0 Å². The maximum Gasteiger partial charge on any atom is 0.0331 e. The highest BCUT2D eigenvalue weighted by molar-refractivity contribution is 4.97. The second-order valence-electron chi connectivity index (χ2n) is 7.12. The van der Waals surface area contributed by atoms with Gasteiger partial charge in [0.1, 0.15) is 0 Å². The molecule has 1 saturated carbocycles. The van der Waals surface area contributed by atoms with Gasteiger partial charge in [-0.1, -0.05) is 41.0 Å². The van der Waals surface area contributed by atoms with Gasteiger partial charge in [0.05, 0.1) is 0 Å².